The molecule has 33 heavy (non-hydrogen) atoms. The van der Waals surface area contributed by atoms with Gasteiger partial charge in [-0.05, 0) is 59.1 Å². The van der Waals surface area contributed by atoms with Gasteiger partial charge in [-0.25, -0.2) is 18.0 Å². The van der Waals surface area contributed by atoms with Gasteiger partial charge in [0.1, 0.15) is 4.21 Å². The maximum Gasteiger partial charge on any atom is 0.490 e. The lowest BCUT2D eigenvalue weighted by atomic mass is 10.1. The minimum absolute atomic E-state index is 0.0828. The largest absolute Gasteiger partial charge is 0.490 e. The normalized spacial score (nSPS) is 11.3. The minimum Gasteiger partial charge on any atom is -0.478 e. The molecule has 14 heteroatoms. The van der Waals surface area contributed by atoms with E-state index in [4.69, 9.17) is 9.90 Å². The minimum atomic E-state index is -5.08. The highest BCUT2D eigenvalue weighted by atomic mass is 79.9. The summed E-state index contributed by atoms with van der Waals surface area (Å²) in [7, 11) is -3.76. The molecule has 0 unspecified atom stereocenters. The summed E-state index contributed by atoms with van der Waals surface area (Å²) < 4.78 is 59.9. The Labute approximate surface area is 201 Å². The van der Waals surface area contributed by atoms with Crippen LogP contribution in [0.3, 0.4) is 0 Å². The van der Waals surface area contributed by atoms with Crippen molar-refractivity contribution in [3.8, 4) is 0 Å². The lowest BCUT2D eigenvalue weighted by Crippen LogP contribution is -2.27. The Bertz CT molecular complexity index is 1070. The maximum atomic E-state index is 12.4. The third-order valence-corrected chi connectivity index (χ3v) is 7.36. The fraction of sp³-hybridized carbons (Fsp3) is 0.368. The Morgan fingerprint density at radius 2 is 1.64 bits per heavy atom. The fourth-order valence-corrected chi connectivity index (χ4v) is 5.65. The number of sulfonamides is 1. The lowest BCUT2D eigenvalue weighted by Gasteiger charge is -2.25. The quantitative estimate of drug-likeness (QED) is 0.372. The number of thiophene rings is 1. The van der Waals surface area contributed by atoms with Crippen LogP contribution in [0.4, 0.5) is 24.5 Å². The number of carbonyl (C=O) groups is 2. The highest BCUT2D eigenvalue weighted by molar-refractivity contribution is 9.11. The van der Waals surface area contributed by atoms with Gasteiger partial charge in [-0.2, -0.15) is 13.2 Å². The molecule has 0 bridgehead atoms. The van der Waals surface area contributed by atoms with Crippen molar-refractivity contribution in [2.75, 3.05) is 22.7 Å². The number of nitrogens with one attached hydrogen (secondary N) is 1. The zero-order valence-electron chi connectivity index (χ0n) is 17.5. The number of anilines is 2. The number of aromatic carboxylic acids is 1. The van der Waals surface area contributed by atoms with Gasteiger partial charge in [-0.3, -0.25) is 4.72 Å². The molecule has 0 spiro atoms. The first-order valence-corrected chi connectivity index (χ1v) is 12.5. The second-order valence-electron chi connectivity index (χ2n) is 6.49. The summed E-state index contributed by atoms with van der Waals surface area (Å²) >= 11 is 4.33. The number of alkyl halides is 3. The van der Waals surface area contributed by atoms with E-state index in [0.717, 1.165) is 37.3 Å². The van der Waals surface area contributed by atoms with E-state index in [1.165, 1.54) is 12.1 Å². The Hall–Kier alpha value is -2.32. The number of nitrogens with zero attached hydrogens (tertiary/aromatic N) is 1. The summed E-state index contributed by atoms with van der Waals surface area (Å²) in [5.74, 6) is -3.84. The first-order chi connectivity index (χ1) is 15.2. The summed E-state index contributed by atoms with van der Waals surface area (Å²) in [5, 5.41) is 16.7. The summed E-state index contributed by atoms with van der Waals surface area (Å²) in [4.78, 5) is 22.6. The van der Waals surface area contributed by atoms with Crippen molar-refractivity contribution < 1.29 is 41.4 Å². The number of hydrogen-bond donors (Lipinski definition) is 3. The summed E-state index contributed by atoms with van der Waals surface area (Å²) in [6.45, 7) is 5.54. The average Bonchev–Trinajstić information content (AvgIpc) is 3.14. The predicted molar refractivity (Wildman–Crippen MR) is 123 cm³/mol. The summed E-state index contributed by atoms with van der Waals surface area (Å²) in [6, 6.07) is 7.78. The molecule has 0 amide bonds. The first-order valence-electron chi connectivity index (χ1n) is 9.43. The van der Waals surface area contributed by atoms with Crippen LogP contribution in [-0.4, -0.2) is 49.8 Å². The van der Waals surface area contributed by atoms with Gasteiger partial charge in [0, 0.05) is 18.8 Å². The van der Waals surface area contributed by atoms with Crippen LogP contribution in [0.25, 0.3) is 0 Å². The Morgan fingerprint density at radius 1 is 1.09 bits per heavy atom. The molecule has 2 rings (SSSR count). The van der Waals surface area contributed by atoms with Crippen LogP contribution in [0.15, 0.2) is 38.3 Å². The van der Waals surface area contributed by atoms with Crippen LogP contribution in [-0.2, 0) is 14.8 Å². The molecule has 1 aromatic heterocycles. The van der Waals surface area contributed by atoms with Crippen molar-refractivity contribution in [3.05, 3.63) is 39.7 Å². The van der Waals surface area contributed by atoms with E-state index in [-0.39, 0.29) is 15.5 Å². The van der Waals surface area contributed by atoms with E-state index >= 15 is 0 Å². The number of carboxylic acids is 2. The third kappa shape index (κ3) is 8.85. The Kier molecular flexibility index (Phi) is 10.6. The maximum absolute atomic E-state index is 12.4. The van der Waals surface area contributed by atoms with Crippen LogP contribution in [0, 0.1) is 0 Å². The molecular formula is C19H22BrF3N2O6S2. The van der Waals surface area contributed by atoms with Gasteiger partial charge in [-0.1, -0.05) is 13.8 Å². The first kappa shape index (κ1) is 28.7. The van der Waals surface area contributed by atoms with Crippen molar-refractivity contribution in [2.24, 2.45) is 0 Å². The fourth-order valence-electron chi connectivity index (χ4n) is 2.59. The SMILES string of the molecule is CCCN(CCC)c1ccc(NS(=O)(=O)c2ccc(Br)s2)cc1C(=O)O.O=C(O)C(F)(F)F. The van der Waals surface area contributed by atoms with Crippen molar-refractivity contribution >= 4 is 60.6 Å². The van der Waals surface area contributed by atoms with Gasteiger partial charge in [0.2, 0.25) is 0 Å². The topological polar surface area (TPSA) is 124 Å². The highest BCUT2D eigenvalue weighted by Gasteiger charge is 2.38. The van der Waals surface area contributed by atoms with Crippen molar-refractivity contribution in [3.63, 3.8) is 0 Å². The van der Waals surface area contributed by atoms with Gasteiger partial charge in [-0.15, -0.1) is 11.3 Å². The smallest absolute Gasteiger partial charge is 0.478 e. The second kappa shape index (κ2) is 12.2. The molecule has 0 saturated carbocycles. The molecule has 0 radical (unpaired) electrons. The van der Waals surface area contributed by atoms with Gasteiger partial charge in [0.05, 0.1) is 15.0 Å². The van der Waals surface area contributed by atoms with E-state index in [9.17, 15) is 31.5 Å². The van der Waals surface area contributed by atoms with Gasteiger partial charge < -0.3 is 15.1 Å². The molecule has 0 aliphatic carbocycles. The molecule has 184 valence electrons. The average molecular weight is 575 g/mol. The molecule has 0 aliphatic heterocycles. The molecule has 0 aliphatic rings. The zero-order chi connectivity index (χ0) is 25.4. The zero-order valence-corrected chi connectivity index (χ0v) is 20.7. The monoisotopic (exact) mass is 574 g/mol. The predicted octanol–water partition coefficient (Wildman–Crippen LogP) is 5.27. The van der Waals surface area contributed by atoms with Crippen LogP contribution in [0.2, 0.25) is 0 Å². The van der Waals surface area contributed by atoms with E-state index < -0.39 is 28.1 Å². The lowest BCUT2D eigenvalue weighted by molar-refractivity contribution is -0.192. The number of aliphatic carboxylic acids is 1. The van der Waals surface area contributed by atoms with Gasteiger partial charge in [0.25, 0.3) is 10.0 Å². The summed E-state index contributed by atoms with van der Waals surface area (Å²) in [6.07, 6.45) is -3.30. The molecular weight excluding hydrogens is 553 g/mol. The van der Waals surface area contributed by atoms with Crippen LogP contribution in [0.5, 0.6) is 0 Å². The molecule has 0 atom stereocenters. The molecule has 1 aromatic carbocycles. The van der Waals surface area contributed by atoms with E-state index in [1.807, 2.05) is 18.7 Å². The second-order valence-corrected chi connectivity index (χ2v) is 10.9. The van der Waals surface area contributed by atoms with Gasteiger partial charge in [0.15, 0.2) is 0 Å². The van der Waals surface area contributed by atoms with E-state index in [1.54, 1.807) is 18.2 Å². The molecule has 2 aromatic rings. The molecule has 0 fully saturated rings. The van der Waals surface area contributed by atoms with Crippen molar-refractivity contribution in [1.29, 1.82) is 0 Å². The number of halogens is 4. The third-order valence-electron chi connectivity index (χ3n) is 3.86. The number of carboxylic acid groups (broad SMARTS) is 2. The van der Waals surface area contributed by atoms with Crippen molar-refractivity contribution in [2.45, 2.75) is 37.1 Å². The standard InChI is InChI=1S/C17H21BrN2O4S2.C2HF3O2/c1-3-9-20(10-4-2)14-6-5-12(11-13(14)17(21)22)19-26(23,24)16-8-7-15(18)25-16;3-2(4,5)1(6)7/h5-8,11,19H,3-4,9-10H2,1-2H3,(H,21,22);(H,6,7). The van der Waals surface area contributed by atoms with Crippen LogP contribution >= 0.6 is 27.3 Å². The summed E-state index contributed by atoms with van der Waals surface area (Å²) in [5.41, 5.74) is 0.908. The number of rotatable bonds is 9. The van der Waals surface area contributed by atoms with Crippen LogP contribution in [0.1, 0.15) is 37.0 Å². The van der Waals surface area contributed by atoms with E-state index in [0.29, 0.717) is 9.47 Å². The highest BCUT2D eigenvalue weighted by Crippen LogP contribution is 2.30. The number of hydrogen-bond acceptors (Lipinski definition) is 6. The Morgan fingerprint density at radius 3 is 2.03 bits per heavy atom. The molecule has 3 N–H and O–H groups in total. The van der Waals surface area contributed by atoms with Crippen molar-refractivity contribution in [1.82, 2.24) is 0 Å². The van der Waals surface area contributed by atoms with E-state index in [2.05, 4.69) is 20.7 Å². The van der Waals surface area contributed by atoms with Gasteiger partial charge >= 0.3 is 18.1 Å². The molecule has 0 saturated heterocycles. The Balaban J connectivity index is 0.000000675. The van der Waals surface area contributed by atoms with Crippen LogP contribution < -0.4 is 9.62 Å². The molecule has 1 heterocycles. The number of benzene rings is 1. The molecule has 8 nitrogen and oxygen atoms in total.